The zero-order chi connectivity index (χ0) is 23.5. The Morgan fingerprint density at radius 1 is 1.12 bits per heavy atom. The first-order valence-corrected chi connectivity index (χ1v) is 12.0. The Hall–Kier alpha value is -2.98. The van der Waals surface area contributed by atoms with Crippen LogP contribution in [0.15, 0.2) is 64.6 Å². The molecule has 0 fully saturated rings. The number of nitrogens with one attached hydrogen (secondary N) is 1. The molecule has 0 aliphatic rings. The molecule has 32 heavy (non-hydrogen) atoms. The molecule has 0 atom stereocenters. The number of hydrogen-bond acceptors (Lipinski definition) is 5. The highest BCUT2D eigenvalue weighted by Gasteiger charge is 2.20. The third kappa shape index (κ3) is 5.63. The minimum Gasteiger partial charge on any atom is -0.478 e. The Labute approximate surface area is 188 Å². The number of aromatic carboxylic acids is 1. The summed E-state index contributed by atoms with van der Waals surface area (Å²) in [7, 11) is -4.03. The number of nitrogens with zero attached hydrogens (tertiary/aromatic N) is 1. The Balaban J connectivity index is 1.73. The van der Waals surface area contributed by atoms with Gasteiger partial charge in [0.15, 0.2) is 0 Å². The molecule has 1 heterocycles. The summed E-state index contributed by atoms with van der Waals surface area (Å²) in [6.45, 7) is 3.65. The van der Waals surface area contributed by atoms with Gasteiger partial charge in [-0.1, -0.05) is 26.0 Å². The number of carboxylic acid groups (broad SMARTS) is 1. The number of rotatable bonds is 8. The number of thioether (sulfide) groups is 1. The van der Waals surface area contributed by atoms with Gasteiger partial charge in [0, 0.05) is 11.8 Å². The van der Waals surface area contributed by atoms with E-state index in [1.165, 1.54) is 48.3 Å². The first-order valence-electron chi connectivity index (χ1n) is 9.49. The molecule has 3 aromatic rings. The van der Waals surface area contributed by atoms with Crippen LogP contribution in [-0.4, -0.2) is 24.5 Å². The van der Waals surface area contributed by atoms with Gasteiger partial charge in [0.1, 0.15) is 11.6 Å². The fraction of sp³-hybridized carbons (Fsp3) is 0.182. The molecule has 168 valence electrons. The van der Waals surface area contributed by atoms with Crippen LogP contribution in [0, 0.1) is 11.6 Å². The van der Waals surface area contributed by atoms with E-state index in [1.807, 2.05) is 13.8 Å². The average molecular weight is 479 g/mol. The van der Waals surface area contributed by atoms with Crippen LogP contribution in [0.4, 0.5) is 14.5 Å². The number of aromatic nitrogens is 1. The summed E-state index contributed by atoms with van der Waals surface area (Å²) in [5, 5.41) is 9.94. The van der Waals surface area contributed by atoms with Crippen LogP contribution >= 0.6 is 11.8 Å². The minimum absolute atomic E-state index is 0.0687. The van der Waals surface area contributed by atoms with Gasteiger partial charge in [-0.2, -0.15) is 0 Å². The summed E-state index contributed by atoms with van der Waals surface area (Å²) >= 11 is 1.21. The fourth-order valence-corrected chi connectivity index (χ4v) is 4.82. The predicted octanol–water partition coefficient (Wildman–Crippen LogP) is 5.27. The van der Waals surface area contributed by atoms with Gasteiger partial charge in [-0.25, -0.2) is 27.0 Å². The minimum atomic E-state index is -4.03. The van der Waals surface area contributed by atoms with Crippen molar-refractivity contribution in [2.45, 2.75) is 35.4 Å². The maximum absolute atomic E-state index is 13.7. The molecule has 0 aliphatic carbocycles. The van der Waals surface area contributed by atoms with Gasteiger partial charge in [0.05, 0.1) is 27.4 Å². The first-order chi connectivity index (χ1) is 15.1. The summed E-state index contributed by atoms with van der Waals surface area (Å²) in [5.74, 6) is -2.36. The fourth-order valence-electron chi connectivity index (χ4n) is 2.92. The van der Waals surface area contributed by atoms with Crippen LogP contribution in [-0.2, 0) is 15.8 Å². The van der Waals surface area contributed by atoms with Gasteiger partial charge in [0.25, 0.3) is 10.0 Å². The molecule has 0 saturated carbocycles. The maximum Gasteiger partial charge on any atom is 0.336 e. The molecule has 3 rings (SSSR count). The van der Waals surface area contributed by atoms with Crippen molar-refractivity contribution in [3.63, 3.8) is 0 Å². The van der Waals surface area contributed by atoms with Crippen molar-refractivity contribution in [1.82, 2.24) is 4.98 Å². The second-order valence-corrected chi connectivity index (χ2v) is 9.90. The quantitative estimate of drug-likeness (QED) is 0.428. The third-order valence-electron chi connectivity index (χ3n) is 4.57. The number of benzene rings is 2. The molecule has 0 aliphatic heterocycles. The zero-order valence-corrected chi connectivity index (χ0v) is 18.8. The number of sulfonamides is 1. The molecule has 0 bridgehead atoms. The van der Waals surface area contributed by atoms with E-state index in [1.54, 1.807) is 6.07 Å². The number of pyridine rings is 1. The number of anilines is 1. The smallest absolute Gasteiger partial charge is 0.336 e. The zero-order valence-electron chi connectivity index (χ0n) is 17.2. The number of hydrogen-bond donors (Lipinski definition) is 2. The molecule has 6 nitrogen and oxygen atoms in total. The predicted molar refractivity (Wildman–Crippen MR) is 118 cm³/mol. The van der Waals surface area contributed by atoms with E-state index in [2.05, 4.69) is 9.71 Å². The molecular weight excluding hydrogens is 458 g/mol. The Morgan fingerprint density at radius 2 is 1.88 bits per heavy atom. The van der Waals surface area contributed by atoms with Gasteiger partial charge < -0.3 is 5.11 Å². The van der Waals surface area contributed by atoms with E-state index in [9.17, 15) is 27.1 Å². The molecule has 2 N–H and O–H groups in total. The summed E-state index contributed by atoms with van der Waals surface area (Å²) < 4.78 is 54.5. The molecule has 0 spiro atoms. The van der Waals surface area contributed by atoms with E-state index in [4.69, 9.17) is 0 Å². The standard InChI is InChI=1S/C22H20F2N2O4S2/c1-13(2)18-7-6-17(10-19(18)22(27)28)32(29,30)26-16-5-8-21(25-11-16)31-12-14-3-4-15(23)9-20(14)24/h3-11,13,26H,12H2,1-2H3,(H,27,28). The summed E-state index contributed by atoms with van der Waals surface area (Å²) in [6, 6.07) is 10.4. The Bertz CT molecular complexity index is 1250. The highest BCUT2D eigenvalue weighted by molar-refractivity contribution is 7.98. The summed E-state index contributed by atoms with van der Waals surface area (Å²) in [5.41, 5.74) is 0.979. The molecule has 0 unspecified atom stereocenters. The van der Waals surface area contributed by atoms with E-state index in [0.29, 0.717) is 16.2 Å². The highest BCUT2D eigenvalue weighted by Crippen LogP contribution is 2.26. The SMILES string of the molecule is CC(C)c1ccc(S(=O)(=O)Nc2ccc(SCc3ccc(F)cc3F)nc2)cc1C(=O)O. The molecule has 1 aromatic heterocycles. The Kier molecular flexibility index (Phi) is 7.15. The van der Waals surface area contributed by atoms with Gasteiger partial charge in [0.2, 0.25) is 0 Å². The third-order valence-corrected chi connectivity index (χ3v) is 6.94. The largest absolute Gasteiger partial charge is 0.478 e. The van der Waals surface area contributed by atoms with Crippen LogP contribution in [0.25, 0.3) is 0 Å². The van der Waals surface area contributed by atoms with E-state index < -0.39 is 27.6 Å². The molecule has 2 aromatic carbocycles. The van der Waals surface area contributed by atoms with Crippen molar-refractivity contribution in [1.29, 1.82) is 0 Å². The van der Waals surface area contributed by atoms with E-state index in [0.717, 1.165) is 12.1 Å². The normalized spacial score (nSPS) is 11.5. The molecule has 0 amide bonds. The monoisotopic (exact) mass is 478 g/mol. The van der Waals surface area contributed by atoms with Crippen LogP contribution in [0.5, 0.6) is 0 Å². The van der Waals surface area contributed by atoms with Gasteiger partial charge in [-0.05, 0) is 47.4 Å². The van der Waals surface area contributed by atoms with Crippen LogP contribution in [0.2, 0.25) is 0 Å². The number of carbonyl (C=O) groups is 1. The summed E-state index contributed by atoms with van der Waals surface area (Å²) in [4.78, 5) is 15.5. The van der Waals surface area contributed by atoms with Crippen molar-refractivity contribution in [3.05, 3.63) is 83.1 Å². The molecular formula is C22H20F2N2O4S2. The van der Waals surface area contributed by atoms with Crippen LogP contribution < -0.4 is 4.72 Å². The second-order valence-electron chi connectivity index (χ2n) is 7.22. The lowest BCUT2D eigenvalue weighted by atomic mass is 9.97. The lowest BCUT2D eigenvalue weighted by Gasteiger charge is -2.13. The van der Waals surface area contributed by atoms with Crippen molar-refractivity contribution in [3.8, 4) is 0 Å². The lowest BCUT2D eigenvalue weighted by Crippen LogP contribution is -2.15. The summed E-state index contributed by atoms with van der Waals surface area (Å²) in [6.07, 6.45) is 1.31. The average Bonchev–Trinajstić information content (AvgIpc) is 2.73. The van der Waals surface area contributed by atoms with Crippen molar-refractivity contribution >= 4 is 33.4 Å². The second kappa shape index (κ2) is 9.66. The van der Waals surface area contributed by atoms with Crippen molar-refractivity contribution < 1.29 is 27.1 Å². The van der Waals surface area contributed by atoms with Crippen LogP contribution in [0.3, 0.4) is 0 Å². The Morgan fingerprint density at radius 3 is 2.47 bits per heavy atom. The van der Waals surface area contributed by atoms with E-state index >= 15 is 0 Å². The van der Waals surface area contributed by atoms with Gasteiger partial charge >= 0.3 is 5.97 Å². The van der Waals surface area contributed by atoms with Gasteiger partial charge in [-0.3, -0.25) is 4.72 Å². The van der Waals surface area contributed by atoms with Gasteiger partial charge in [-0.15, -0.1) is 11.8 Å². The number of carboxylic acids is 1. The van der Waals surface area contributed by atoms with Crippen molar-refractivity contribution in [2.75, 3.05) is 4.72 Å². The maximum atomic E-state index is 13.7. The molecule has 0 saturated heterocycles. The lowest BCUT2D eigenvalue weighted by molar-refractivity contribution is 0.0695. The topological polar surface area (TPSA) is 96.4 Å². The molecule has 10 heteroatoms. The molecule has 0 radical (unpaired) electrons. The number of halogens is 2. The van der Waals surface area contributed by atoms with Crippen LogP contribution in [0.1, 0.15) is 41.3 Å². The van der Waals surface area contributed by atoms with E-state index in [-0.39, 0.29) is 27.8 Å². The highest BCUT2D eigenvalue weighted by atomic mass is 32.2. The van der Waals surface area contributed by atoms with Crippen molar-refractivity contribution in [2.24, 2.45) is 0 Å². The first kappa shape index (κ1) is 23.7.